The highest BCUT2D eigenvalue weighted by Gasteiger charge is 2.23. The highest BCUT2D eigenvalue weighted by Crippen LogP contribution is 2.26. The van der Waals surface area contributed by atoms with Crippen LogP contribution in [-0.2, 0) is 4.79 Å². The SMILES string of the molecule is CN(CC(=O)C1CCCC1)c1cccc(F)c1. The molecule has 1 saturated carbocycles. The van der Waals surface area contributed by atoms with E-state index in [-0.39, 0.29) is 17.5 Å². The van der Waals surface area contributed by atoms with Gasteiger partial charge in [0.05, 0.1) is 6.54 Å². The lowest BCUT2D eigenvalue weighted by molar-refractivity contribution is -0.121. The molecule has 3 heteroatoms. The van der Waals surface area contributed by atoms with Gasteiger partial charge in [0.15, 0.2) is 5.78 Å². The van der Waals surface area contributed by atoms with Crippen molar-refractivity contribution in [3.05, 3.63) is 30.1 Å². The Morgan fingerprint density at radius 1 is 1.41 bits per heavy atom. The summed E-state index contributed by atoms with van der Waals surface area (Å²) >= 11 is 0. The van der Waals surface area contributed by atoms with E-state index in [0.29, 0.717) is 6.54 Å². The van der Waals surface area contributed by atoms with Gasteiger partial charge in [-0.15, -0.1) is 0 Å². The molecule has 1 aliphatic rings. The number of benzene rings is 1. The number of hydrogen-bond donors (Lipinski definition) is 0. The molecular weight excluding hydrogens is 217 g/mol. The molecule has 1 aromatic rings. The summed E-state index contributed by atoms with van der Waals surface area (Å²) in [6, 6.07) is 6.37. The maximum Gasteiger partial charge on any atom is 0.155 e. The van der Waals surface area contributed by atoms with Crippen LogP contribution in [0, 0.1) is 11.7 Å². The summed E-state index contributed by atoms with van der Waals surface area (Å²) in [5.74, 6) is 0.253. The summed E-state index contributed by atoms with van der Waals surface area (Å²) in [6.45, 7) is 0.383. The number of Topliss-reactive ketones (excluding diaryl/α,β-unsaturated/α-hetero) is 1. The van der Waals surface area contributed by atoms with Gasteiger partial charge < -0.3 is 4.90 Å². The van der Waals surface area contributed by atoms with Gasteiger partial charge in [0.1, 0.15) is 5.82 Å². The summed E-state index contributed by atoms with van der Waals surface area (Å²) in [5, 5.41) is 0. The number of anilines is 1. The Morgan fingerprint density at radius 2 is 2.12 bits per heavy atom. The van der Waals surface area contributed by atoms with Gasteiger partial charge in [-0.1, -0.05) is 18.9 Å². The Labute approximate surface area is 101 Å². The molecule has 0 heterocycles. The van der Waals surface area contributed by atoms with Crippen molar-refractivity contribution in [2.45, 2.75) is 25.7 Å². The van der Waals surface area contributed by atoms with E-state index in [1.807, 2.05) is 18.0 Å². The van der Waals surface area contributed by atoms with Crippen LogP contribution < -0.4 is 4.90 Å². The summed E-state index contributed by atoms with van der Waals surface area (Å²) in [7, 11) is 1.83. The molecular formula is C14H18FNO. The van der Waals surface area contributed by atoms with Gasteiger partial charge in [-0.25, -0.2) is 4.39 Å². The first kappa shape index (κ1) is 12.1. The van der Waals surface area contributed by atoms with Crippen molar-refractivity contribution in [1.29, 1.82) is 0 Å². The smallest absolute Gasteiger partial charge is 0.155 e. The minimum atomic E-state index is -0.261. The molecule has 92 valence electrons. The summed E-state index contributed by atoms with van der Waals surface area (Å²) in [4.78, 5) is 13.8. The van der Waals surface area contributed by atoms with Gasteiger partial charge >= 0.3 is 0 Å². The molecule has 1 aromatic carbocycles. The quantitative estimate of drug-likeness (QED) is 0.799. The lowest BCUT2D eigenvalue weighted by Crippen LogP contribution is -2.29. The van der Waals surface area contributed by atoms with E-state index in [0.717, 1.165) is 18.5 Å². The molecule has 1 aliphatic carbocycles. The highest BCUT2D eigenvalue weighted by atomic mass is 19.1. The molecule has 0 bridgehead atoms. The van der Waals surface area contributed by atoms with E-state index in [1.165, 1.54) is 25.0 Å². The predicted molar refractivity (Wildman–Crippen MR) is 66.6 cm³/mol. The van der Waals surface area contributed by atoms with E-state index in [1.54, 1.807) is 6.07 Å². The Bertz CT molecular complexity index is 399. The molecule has 0 saturated heterocycles. The molecule has 0 atom stereocenters. The zero-order valence-corrected chi connectivity index (χ0v) is 10.2. The fourth-order valence-electron chi connectivity index (χ4n) is 2.42. The van der Waals surface area contributed by atoms with E-state index in [4.69, 9.17) is 0 Å². The number of halogens is 1. The Hall–Kier alpha value is -1.38. The molecule has 0 aromatic heterocycles. The minimum Gasteiger partial charge on any atom is -0.367 e. The normalized spacial score (nSPS) is 16.1. The van der Waals surface area contributed by atoms with Gasteiger partial charge in [0, 0.05) is 18.7 Å². The van der Waals surface area contributed by atoms with E-state index < -0.39 is 0 Å². The number of likely N-dealkylation sites (N-methyl/N-ethyl adjacent to an activating group) is 1. The number of carbonyl (C=O) groups is 1. The van der Waals surface area contributed by atoms with Crippen LogP contribution in [0.25, 0.3) is 0 Å². The number of carbonyl (C=O) groups excluding carboxylic acids is 1. The maximum atomic E-state index is 13.1. The molecule has 0 unspecified atom stereocenters. The lowest BCUT2D eigenvalue weighted by atomic mass is 10.0. The Balaban J connectivity index is 1.96. The Morgan fingerprint density at radius 3 is 2.76 bits per heavy atom. The van der Waals surface area contributed by atoms with E-state index in [9.17, 15) is 9.18 Å². The molecule has 1 fully saturated rings. The van der Waals surface area contributed by atoms with Crippen LogP contribution in [0.1, 0.15) is 25.7 Å². The number of hydrogen-bond acceptors (Lipinski definition) is 2. The third kappa shape index (κ3) is 3.05. The van der Waals surface area contributed by atoms with E-state index >= 15 is 0 Å². The van der Waals surface area contributed by atoms with Gasteiger partial charge in [-0.2, -0.15) is 0 Å². The van der Waals surface area contributed by atoms with E-state index in [2.05, 4.69) is 0 Å². The van der Waals surface area contributed by atoms with Crippen molar-refractivity contribution in [1.82, 2.24) is 0 Å². The average molecular weight is 235 g/mol. The monoisotopic (exact) mass is 235 g/mol. The summed E-state index contributed by atoms with van der Waals surface area (Å²) in [5.41, 5.74) is 0.761. The zero-order chi connectivity index (χ0) is 12.3. The van der Waals surface area contributed by atoms with Crippen LogP contribution >= 0.6 is 0 Å². The van der Waals surface area contributed by atoms with Crippen LogP contribution in [0.2, 0.25) is 0 Å². The second-order valence-electron chi connectivity index (χ2n) is 4.78. The summed E-state index contributed by atoms with van der Waals surface area (Å²) in [6.07, 6.45) is 4.38. The van der Waals surface area contributed by atoms with Crippen LogP contribution in [-0.4, -0.2) is 19.4 Å². The largest absolute Gasteiger partial charge is 0.367 e. The third-order valence-corrected chi connectivity index (χ3v) is 3.45. The fraction of sp³-hybridized carbons (Fsp3) is 0.500. The molecule has 0 spiro atoms. The van der Waals surface area contributed by atoms with Crippen molar-refractivity contribution in [2.24, 2.45) is 5.92 Å². The van der Waals surface area contributed by atoms with Crippen LogP contribution in [0.15, 0.2) is 24.3 Å². The number of ketones is 1. The first-order chi connectivity index (χ1) is 8.16. The first-order valence-corrected chi connectivity index (χ1v) is 6.16. The van der Waals surface area contributed by atoms with Crippen molar-refractivity contribution in [2.75, 3.05) is 18.5 Å². The van der Waals surface area contributed by atoms with Crippen molar-refractivity contribution < 1.29 is 9.18 Å². The highest BCUT2D eigenvalue weighted by molar-refractivity contribution is 5.85. The summed E-state index contributed by atoms with van der Waals surface area (Å²) < 4.78 is 13.1. The van der Waals surface area contributed by atoms with Gasteiger partial charge in [0.25, 0.3) is 0 Å². The molecule has 0 N–H and O–H groups in total. The molecule has 0 radical (unpaired) electrons. The number of rotatable bonds is 4. The predicted octanol–water partition coefficient (Wildman–Crippen LogP) is 3.02. The van der Waals surface area contributed by atoms with Crippen molar-refractivity contribution in [3.8, 4) is 0 Å². The maximum absolute atomic E-state index is 13.1. The first-order valence-electron chi connectivity index (χ1n) is 6.16. The van der Waals surface area contributed by atoms with Gasteiger partial charge in [-0.3, -0.25) is 4.79 Å². The standard InChI is InChI=1S/C14H18FNO/c1-16(13-8-4-7-12(15)9-13)10-14(17)11-5-2-3-6-11/h4,7-9,11H,2-3,5-6,10H2,1H3. The second kappa shape index (κ2) is 5.30. The molecule has 2 nitrogen and oxygen atoms in total. The van der Waals surface area contributed by atoms with Gasteiger partial charge in [-0.05, 0) is 31.0 Å². The Kier molecular flexibility index (Phi) is 3.77. The zero-order valence-electron chi connectivity index (χ0n) is 10.2. The molecule has 17 heavy (non-hydrogen) atoms. The van der Waals surface area contributed by atoms with Crippen LogP contribution in [0.3, 0.4) is 0 Å². The molecule has 0 aliphatic heterocycles. The topological polar surface area (TPSA) is 20.3 Å². The fourth-order valence-corrected chi connectivity index (χ4v) is 2.42. The lowest BCUT2D eigenvalue weighted by Gasteiger charge is -2.20. The van der Waals surface area contributed by atoms with Crippen LogP contribution in [0.5, 0.6) is 0 Å². The van der Waals surface area contributed by atoms with Crippen LogP contribution in [0.4, 0.5) is 10.1 Å². The number of nitrogens with zero attached hydrogens (tertiary/aromatic N) is 1. The molecule has 2 rings (SSSR count). The second-order valence-corrected chi connectivity index (χ2v) is 4.78. The average Bonchev–Trinajstić information content (AvgIpc) is 2.82. The minimum absolute atomic E-state index is 0.228. The van der Waals surface area contributed by atoms with Gasteiger partial charge in [0.2, 0.25) is 0 Å². The third-order valence-electron chi connectivity index (χ3n) is 3.45. The van der Waals surface area contributed by atoms with Crippen molar-refractivity contribution >= 4 is 11.5 Å². The van der Waals surface area contributed by atoms with Crippen molar-refractivity contribution in [3.63, 3.8) is 0 Å². The molecule has 0 amide bonds.